The Morgan fingerprint density at radius 2 is 2.03 bits per heavy atom. The number of likely N-dealkylation sites (N-methyl/N-ethyl adjacent to an activating group) is 1. The zero-order chi connectivity index (χ0) is 26.8. The van der Waals surface area contributed by atoms with Gasteiger partial charge >= 0.3 is 0 Å². The van der Waals surface area contributed by atoms with E-state index in [1.165, 1.54) is 12.8 Å². The van der Waals surface area contributed by atoms with Gasteiger partial charge in [0.05, 0.1) is 23.0 Å². The summed E-state index contributed by atoms with van der Waals surface area (Å²) in [6.07, 6.45) is 1.47. The van der Waals surface area contributed by atoms with Gasteiger partial charge in [0.15, 0.2) is 5.82 Å². The van der Waals surface area contributed by atoms with E-state index in [9.17, 15) is 5.11 Å². The number of aryl methyl sites for hydroxylation is 2. The van der Waals surface area contributed by atoms with Gasteiger partial charge in [0.25, 0.3) is 0 Å². The Morgan fingerprint density at radius 3 is 2.71 bits per heavy atom. The van der Waals surface area contributed by atoms with E-state index in [4.69, 9.17) is 19.2 Å². The number of anilines is 1. The van der Waals surface area contributed by atoms with Crippen molar-refractivity contribution < 1.29 is 18.8 Å². The van der Waals surface area contributed by atoms with Crippen LogP contribution >= 0.6 is 0 Å². The lowest BCUT2D eigenvalue weighted by molar-refractivity contribution is 0.108. The molecule has 9 nitrogen and oxygen atoms in total. The van der Waals surface area contributed by atoms with Crippen LogP contribution in [0.4, 0.5) is 10.2 Å². The van der Waals surface area contributed by atoms with Gasteiger partial charge in [-0.25, -0.2) is 14.4 Å². The van der Waals surface area contributed by atoms with Gasteiger partial charge < -0.3 is 25.0 Å². The summed E-state index contributed by atoms with van der Waals surface area (Å²) < 4.78 is 26.5. The molecule has 3 N–H and O–H groups in total. The molecule has 38 heavy (non-hydrogen) atoms. The summed E-state index contributed by atoms with van der Waals surface area (Å²) in [5, 5.41) is 20.5. The third kappa shape index (κ3) is 5.82. The van der Waals surface area contributed by atoms with Gasteiger partial charge in [0.2, 0.25) is 0 Å². The van der Waals surface area contributed by atoms with E-state index in [0.717, 1.165) is 35.3 Å². The highest BCUT2D eigenvalue weighted by Crippen LogP contribution is 2.35. The third-order valence-electron chi connectivity index (χ3n) is 7.35. The second-order valence-corrected chi connectivity index (χ2v) is 10.4. The van der Waals surface area contributed by atoms with Crippen LogP contribution in [0.5, 0.6) is 5.75 Å². The number of aromatic nitrogens is 3. The van der Waals surface area contributed by atoms with Crippen LogP contribution in [0.1, 0.15) is 36.3 Å². The molecule has 2 fully saturated rings. The first-order valence-electron chi connectivity index (χ1n) is 13.4. The number of piperidine rings is 1. The molecule has 0 radical (unpaired) electrons. The predicted octanol–water partition coefficient (Wildman–Crippen LogP) is 3.67. The second kappa shape index (κ2) is 11.3. The minimum Gasteiger partial charge on any atom is -0.491 e. The standard InChI is InChI=1S/C28H37FN6O3/c1-16-26(25-17(2)34-38-18(25)3)32-28(19-6-5-7-22(12-19)37-15-21(36)13-30-4)33-27(16)31-24-10-11-35(14-23(24)29)20-8-9-20/h5-7,12,20-21,23-24,30,36H,8-11,13-15H2,1-4H3,(H,31,32,33). The summed E-state index contributed by atoms with van der Waals surface area (Å²) in [6.45, 7) is 7.63. The SMILES string of the molecule is CNCC(O)COc1cccc(-c2nc(NC3CCN(C4CC4)CC3F)c(C)c(-c3c(C)noc3C)n2)c1. The van der Waals surface area contributed by atoms with Crippen molar-refractivity contribution in [3.05, 3.63) is 41.3 Å². The van der Waals surface area contributed by atoms with Crippen LogP contribution < -0.4 is 15.4 Å². The van der Waals surface area contributed by atoms with Gasteiger partial charge in [-0.15, -0.1) is 0 Å². The molecule has 2 aliphatic rings. The molecule has 3 heterocycles. The number of hydrogen-bond acceptors (Lipinski definition) is 9. The highest BCUT2D eigenvalue weighted by atomic mass is 19.1. The molecular formula is C28H37FN6O3. The van der Waals surface area contributed by atoms with E-state index in [-0.39, 0.29) is 12.6 Å². The smallest absolute Gasteiger partial charge is 0.162 e. The van der Waals surface area contributed by atoms with Gasteiger partial charge in [-0.2, -0.15) is 0 Å². The average Bonchev–Trinajstić information content (AvgIpc) is 3.70. The molecule has 3 unspecified atom stereocenters. The fourth-order valence-corrected chi connectivity index (χ4v) is 5.10. The van der Waals surface area contributed by atoms with Crippen molar-refractivity contribution in [2.45, 2.75) is 64.4 Å². The highest BCUT2D eigenvalue weighted by Gasteiger charge is 2.37. The number of halogens is 1. The van der Waals surface area contributed by atoms with Crippen molar-refractivity contribution in [3.63, 3.8) is 0 Å². The van der Waals surface area contributed by atoms with Crippen molar-refractivity contribution in [2.24, 2.45) is 0 Å². The number of hydrogen-bond donors (Lipinski definition) is 3. The van der Waals surface area contributed by atoms with E-state index in [1.54, 1.807) is 7.05 Å². The maximum atomic E-state index is 15.3. The van der Waals surface area contributed by atoms with Gasteiger partial charge in [-0.3, -0.25) is 4.90 Å². The van der Waals surface area contributed by atoms with Crippen molar-refractivity contribution in [1.82, 2.24) is 25.3 Å². The van der Waals surface area contributed by atoms with Gasteiger partial charge in [-0.05, 0) is 59.2 Å². The number of nitrogens with one attached hydrogen (secondary N) is 2. The van der Waals surface area contributed by atoms with Crippen LogP contribution in [0, 0.1) is 20.8 Å². The summed E-state index contributed by atoms with van der Waals surface area (Å²) in [7, 11) is 1.78. The second-order valence-electron chi connectivity index (χ2n) is 10.4. The van der Waals surface area contributed by atoms with E-state index in [2.05, 4.69) is 20.7 Å². The highest BCUT2D eigenvalue weighted by molar-refractivity contribution is 5.74. The Hall–Kier alpha value is -3.08. The molecule has 3 aromatic rings. The number of ether oxygens (including phenoxy) is 1. The molecule has 204 valence electrons. The summed E-state index contributed by atoms with van der Waals surface area (Å²) in [6, 6.07) is 7.69. The van der Waals surface area contributed by atoms with Crippen LogP contribution in [-0.2, 0) is 0 Å². The Labute approximate surface area is 222 Å². The Morgan fingerprint density at radius 1 is 1.21 bits per heavy atom. The van der Waals surface area contributed by atoms with E-state index in [1.807, 2.05) is 45.0 Å². The zero-order valence-corrected chi connectivity index (χ0v) is 22.5. The average molecular weight is 525 g/mol. The first-order valence-corrected chi connectivity index (χ1v) is 13.4. The predicted molar refractivity (Wildman–Crippen MR) is 144 cm³/mol. The van der Waals surface area contributed by atoms with Crippen molar-refractivity contribution in [3.8, 4) is 28.4 Å². The minimum atomic E-state index is -0.981. The molecule has 1 aliphatic heterocycles. The summed E-state index contributed by atoms with van der Waals surface area (Å²) in [5.41, 5.74) is 3.83. The molecule has 0 spiro atoms. The number of likely N-dealkylation sites (tertiary alicyclic amines) is 1. The topological polar surface area (TPSA) is 109 Å². The van der Waals surface area contributed by atoms with E-state index >= 15 is 4.39 Å². The van der Waals surface area contributed by atoms with Gasteiger partial charge in [0, 0.05) is 36.8 Å². The monoisotopic (exact) mass is 524 g/mol. The number of aliphatic hydroxyl groups excluding tert-OH is 1. The van der Waals surface area contributed by atoms with Crippen LogP contribution in [-0.4, -0.2) is 82.8 Å². The fraction of sp³-hybridized carbons (Fsp3) is 0.536. The molecule has 1 aliphatic carbocycles. The van der Waals surface area contributed by atoms with Crippen LogP contribution in [0.2, 0.25) is 0 Å². The molecule has 1 aromatic carbocycles. The van der Waals surface area contributed by atoms with E-state index in [0.29, 0.717) is 48.0 Å². The van der Waals surface area contributed by atoms with Crippen molar-refractivity contribution in [1.29, 1.82) is 0 Å². The largest absolute Gasteiger partial charge is 0.491 e. The molecule has 3 atom stereocenters. The normalized spacial score (nSPS) is 20.9. The summed E-state index contributed by atoms with van der Waals surface area (Å²) in [4.78, 5) is 12.1. The van der Waals surface area contributed by atoms with Crippen molar-refractivity contribution >= 4 is 5.82 Å². The Kier molecular flexibility index (Phi) is 7.92. The van der Waals surface area contributed by atoms with Crippen molar-refractivity contribution in [2.75, 3.05) is 38.6 Å². The maximum absolute atomic E-state index is 15.3. The lowest BCUT2D eigenvalue weighted by Gasteiger charge is -2.35. The molecular weight excluding hydrogens is 487 g/mol. The molecule has 1 saturated heterocycles. The number of benzene rings is 1. The summed E-state index contributed by atoms with van der Waals surface area (Å²) in [5.74, 6) is 2.36. The minimum absolute atomic E-state index is 0.160. The molecule has 0 amide bonds. The van der Waals surface area contributed by atoms with Crippen LogP contribution in [0.3, 0.4) is 0 Å². The van der Waals surface area contributed by atoms with E-state index < -0.39 is 12.3 Å². The van der Waals surface area contributed by atoms with Gasteiger partial charge in [0.1, 0.15) is 36.2 Å². The fourth-order valence-electron chi connectivity index (χ4n) is 5.10. The lowest BCUT2D eigenvalue weighted by Crippen LogP contribution is -2.48. The number of alkyl halides is 1. The first kappa shape index (κ1) is 26.5. The Balaban J connectivity index is 1.47. The number of rotatable bonds is 10. The maximum Gasteiger partial charge on any atom is 0.162 e. The quantitative estimate of drug-likeness (QED) is 0.366. The molecule has 10 heteroatoms. The molecule has 1 saturated carbocycles. The summed E-state index contributed by atoms with van der Waals surface area (Å²) >= 11 is 0. The van der Waals surface area contributed by atoms with Crippen LogP contribution in [0.15, 0.2) is 28.8 Å². The molecule has 0 bridgehead atoms. The lowest BCUT2D eigenvalue weighted by atomic mass is 10.0. The Bertz CT molecular complexity index is 1240. The van der Waals surface area contributed by atoms with Gasteiger partial charge in [-0.1, -0.05) is 17.3 Å². The first-order chi connectivity index (χ1) is 18.3. The van der Waals surface area contributed by atoms with Crippen LogP contribution in [0.25, 0.3) is 22.6 Å². The third-order valence-corrected chi connectivity index (χ3v) is 7.35. The molecule has 5 rings (SSSR count). The zero-order valence-electron chi connectivity index (χ0n) is 22.5. The number of nitrogens with zero attached hydrogens (tertiary/aromatic N) is 4. The number of aliphatic hydroxyl groups is 1. The molecule has 2 aromatic heterocycles.